The third-order valence-electron chi connectivity index (χ3n) is 7.36. The summed E-state index contributed by atoms with van der Waals surface area (Å²) in [6, 6.07) is 4.68. The second kappa shape index (κ2) is 11.4. The molecule has 2 aliphatic rings. The van der Waals surface area contributed by atoms with Crippen LogP contribution >= 0.6 is 11.6 Å². The summed E-state index contributed by atoms with van der Waals surface area (Å²) in [5.41, 5.74) is -1.93. The molecule has 1 unspecified atom stereocenters. The molecule has 0 spiro atoms. The minimum absolute atomic E-state index is 0.0233. The molecule has 0 radical (unpaired) electrons. The first kappa shape index (κ1) is 29.5. The molecule has 222 valence electrons. The quantitative estimate of drug-likeness (QED) is 0.288. The number of alkyl halides is 3. The number of aliphatic hydroxyl groups excluding tert-OH is 1. The van der Waals surface area contributed by atoms with E-state index in [1.54, 1.807) is 0 Å². The molecule has 5 rings (SSSR count). The first-order chi connectivity index (χ1) is 19.8. The van der Waals surface area contributed by atoms with Gasteiger partial charge in [0.05, 0.1) is 23.0 Å². The Bertz CT molecular complexity index is 1570. The Balaban J connectivity index is 1.55. The average molecular weight is 611 g/mol. The van der Waals surface area contributed by atoms with Gasteiger partial charge in [-0.2, -0.15) is 13.2 Å². The third kappa shape index (κ3) is 5.97. The molecule has 1 aliphatic heterocycles. The highest BCUT2D eigenvalue weighted by Gasteiger charge is 2.37. The Morgan fingerprint density at radius 3 is 2.48 bits per heavy atom. The van der Waals surface area contributed by atoms with E-state index < -0.39 is 52.7 Å². The zero-order valence-corrected chi connectivity index (χ0v) is 22.5. The number of nitrogens with zero attached hydrogens (tertiary/aromatic N) is 1. The summed E-state index contributed by atoms with van der Waals surface area (Å²) in [6.07, 6.45) is -3.06. The monoisotopic (exact) mass is 610 g/mol. The summed E-state index contributed by atoms with van der Waals surface area (Å²) in [5, 5.41) is 17.1. The summed E-state index contributed by atoms with van der Waals surface area (Å²) in [4.78, 5) is 39.2. The highest BCUT2D eigenvalue weighted by Crippen LogP contribution is 2.38. The van der Waals surface area contributed by atoms with Crippen molar-refractivity contribution >= 4 is 35.0 Å². The molecule has 14 heteroatoms. The van der Waals surface area contributed by atoms with Crippen LogP contribution in [0, 0.1) is 17.6 Å². The average Bonchev–Trinajstić information content (AvgIpc) is 3.25. The van der Waals surface area contributed by atoms with E-state index in [0.717, 1.165) is 12.1 Å². The molecule has 0 bridgehead atoms. The number of anilines is 1. The summed E-state index contributed by atoms with van der Waals surface area (Å²) in [6.45, 7) is -0.344. The number of carbonyl (C=O) groups is 3. The van der Waals surface area contributed by atoms with Gasteiger partial charge in [0.25, 0.3) is 11.8 Å². The van der Waals surface area contributed by atoms with E-state index in [4.69, 9.17) is 16.7 Å². The van der Waals surface area contributed by atoms with Gasteiger partial charge in [-0.25, -0.2) is 8.78 Å². The maximum Gasteiger partial charge on any atom is 0.416 e. The van der Waals surface area contributed by atoms with Crippen LogP contribution in [0.3, 0.4) is 0 Å². The normalized spacial score (nSPS) is 19.9. The molecule has 2 heterocycles. The van der Waals surface area contributed by atoms with E-state index in [9.17, 15) is 36.3 Å². The first-order valence-electron chi connectivity index (χ1n) is 12.9. The van der Waals surface area contributed by atoms with Crippen molar-refractivity contribution in [1.29, 1.82) is 0 Å². The number of benzene rings is 2. The molecule has 1 aromatic heterocycles. The van der Waals surface area contributed by atoms with Crippen molar-refractivity contribution in [2.24, 2.45) is 5.92 Å². The van der Waals surface area contributed by atoms with Gasteiger partial charge in [0.2, 0.25) is 5.91 Å². The molecule has 3 aromatic rings. The number of halogens is 6. The zero-order chi connectivity index (χ0) is 30.3. The summed E-state index contributed by atoms with van der Waals surface area (Å²) >= 11 is 6.32. The lowest BCUT2D eigenvalue weighted by Crippen LogP contribution is -2.46. The smallest absolute Gasteiger partial charge is 0.396 e. The van der Waals surface area contributed by atoms with E-state index in [1.807, 2.05) is 0 Å². The fourth-order valence-electron chi connectivity index (χ4n) is 5.32. The van der Waals surface area contributed by atoms with Crippen molar-refractivity contribution in [2.45, 2.75) is 44.1 Å². The van der Waals surface area contributed by atoms with Gasteiger partial charge in [-0.15, -0.1) is 0 Å². The Hall–Kier alpha value is -3.97. The molecular formula is C28H24ClF5N4O4. The molecular weight excluding hydrogens is 587 g/mol. The van der Waals surface area contributed by atoms with E-state index in [1.165, 1.54) is 16.7 Å². The summed E-state index contributed by atoms with van der Waals surface area (Å²) in [7, 11) is 0. The number of aromatic nitrogens is 1. The van der Waals surface area contributed by atoms with Crippen LogP contribution in [0.15, 0.2) is 42.5 Å². The number of amides is 3. The van der Waals surface area contributed by atoms with Gasteiger partial charge in [-0.05, 0) is 67.6 Å². The fraction of sp³-hybridized carbons (Fsp3) is 0.321. The van der Waals surface area contributed by atoms with Gasteiger partial charge in [-0.1, -0.05) is 11.6 Å². The SMILES string of the molecule is O=C1Cn2c(C(=O)NC3CC(CCO)C3)cc(NC(=O)c3cc(F)cc(C(F)(F)F)c3)c2C(c2cc(F)ccc2Cl)N1. The van der Waals surface area contributed by atoms with Crippen molar-refractivity contribution in [3.8, 4) is 0 Å². The molecule has 2 aromatic carbocycles. The van der Waals surface area contributed by atoms with Gasteiger partial charge < -0.3 is 25.6 Å². The van der Waals surface area contributed by atoms with E-state index in [-0.39, 0.29) is 58.8 Å². The van der Waals surface area contributed by atoms with Crippen LogP contribution < -0.4 is 16.0 Å². The molecule has 0 saturated heterocycles. The van der Waals surface area contributed by atoms with E-state index >= 15 is 0 Å². The summed E-state index contributed by atoms with van der Waals surface area (Å²) < 4.78 is 69.4. The third-order valence-corrected chi connectivity index (χ3v) is 7.71. The number of hydrogen-bond donors (Lipinski definition) is 4. The van der Waals surface area contributed by atoms with Gasteiger partial charge in [0.15, 0.2) is 0 Å². The van der Waals surface area contributed by atoms with Crippen molar-refractivity contribution in [3.05, 3.63) is 87.2 Å². The fourth-order valence-corrected chi connectivity index (χ4v) is 5.55. The minimum atomic E-state index is -4.92. The number of nitrogens with one attached hydrogen (secondary N) is 3. The lowest BCUT2D eigenvalue weighted by Gasteiger charge is -2.35. The highest BCUT2D eigenvalue weighted by atomic mass is 35.5. The lowest BCUT2D eigenvalue weighted by atomic mass is 9.78. The molecule has 3 amide bonds. The Labute approximate surface area is 240 Å². The van der Waals surface area contributed by atoms with Gasteiger partial charge in [-0.3, -0.25) is 14.4 Å². The van der Waals surface area contributed by atoms with Crippen LogP contribution in [0.4, 0.5) is 27.6 Å². The van der Waals surface area contributed by atoms with Gasteiger partial charge in [0.1, 0.15) is 23.9 Å². The highest BCUT2D eigenvalue weighted by molar-refractivity contribution is 6.31. The van der Waals surface area contributed by atoms with Crippen molar-refractivity contribution < 1.29 is 41.4 Å². The van der Waals surface area contributed by atoms with Gasteiger partial charge >= 0.3 is 6.18 Å². The Kier molecular flexibility index (Phi) is 7.99. The maximum absolute atomic E-state index is 14.2. The molecule has 1 fully saturated rings. The van der Waals surface area contributed by atoms with Crippen LogP contribution in [-0.2, 0) is 17.5 Å². The molecule has 1 saturated carbocycles. The number of rotatable bonds is 7. The second-order valence-corrected chi connectivity index (χ2v) is 10.7. The largest absolute Gasteiger partial charge is 0.416 e. The number of aliphatic hydroxyl groups is 1. The summed E-state index contributed by atoms with van der Waals surface area (Å²) in [5.74, 6) is -3.99. The van der Waals surface area contributed by atoms with Crippen molar-refractivity contribution in [2.75, 3.05) is 11.9 Å². The van der Waals surface area contributed by atoms with Crippen molar-refractivity contribution in [3.63, 3.8) is 0 Å². The zero-order valence-electron chi connectivity index (χ0n) is 21.7. The second-order valence-electron chi connectivity index (χ2n) is 10.3. The lowest BCUT2D eigenvalue weighted by molar-refractivity contribution is -0.137. The van der Waals surface area contributed by atoms with Crippen LogP contribution in [0.25, 0.3) is 0 Å². The van der Waals surface area contributed by atoms with Crippen LogP contribution in [0.5, 0.6) is 0 Å². The minimum Gasteiger partial charge on any atom is -0.396 e. The number of hydrogen-bond acceptors (Lipinski definition) is 4. The molecule has 1 aliphatic carbocycles. The van der Waals surface area contributed by atoms with Gasteiger partial charge in [0, 0.05) is 28.8 Å². The van der Waals surface area contributed by atoms with Crippen LogP contribution in [0.1, 0.15) is 63.0 Å². The predicted molar refractivity (Wildman–Crippen MR) is 141 cm³/mol. The first-order valence-corrected chi connectivity index (χ1v) is 13.3. The maximum atomic E-state index is 14.2. The van der Waals surface area contributed by atoms with E-state index in [0.29, 0.717) is 31.4 Å². The Morgan fingerprint density at radius 1 is 1.05 bits per heavy atom. The Morgan fingerprint density at radius 2 is 1.79 bits per heavy atom. The van der Waals surface area contributed by atoms with Crippen LogP contribution in [0.2, 0.25) is 5.02 Å². The van der Waals surface area contributed by atoms with Crippen molar-refractivity contribution in [1.82, 2.24) is 15.2 Å². The van der Waals surface area contributed by atoms with Crippen LogP contribution in [-0.4, -0.2) is 40.0 Å². The molecule has 1 atom stereocenters. The van der Waals surface area contributed by atoms with E-state index in [2.05, 4.69) is 16.0 Å². The topological polar surface area (TPSA) is 112 Å². The predicted octanol–water partition coefficient (Wildman–Crippen LogP) is 4.80. The molecule has 8 nitrogen and oxygen atoms in total. The standard InChI is InChI=1S/C28H24ClF5N4O4/c29-20-2-1-16(30)10-19(20)24-25-21(36-26(41)14-7-15(28(32,33)34)9-17(31)8-14)11-22(38(25)12-23(40)37-24)27(42)35-18-5-13(6-18)3-4-39/h1-2,7-11,13,18,24,39H,3-6,12H2,(H,35,42)(H,36,41)(H,37,40). The number of carbonyl (C=O) groups excluding carboxylic acids is 3. The molecule has 4 N–H and O–H groups in total. The number of fused-ring (bicyclic) bond motifs is 1. The molecule has 42 heavy (non-hydrogen) atoms.